The molecule has 2 aromatic carbocycles. The van der Waals surface area contributed by atoms with Crippen molar-refractivity contribution in [2.45, 2.75) is 45.8 Å². The maximum Gasteiger partial charge on any atom is 0.338 e. The molecule has 1 saturated heterocycles. The van der Waals surface area contributed by atoms with E-state index >= 15 is 0 Å². The number of hydrogen-bond acceptors (Lipinski definition) is 7. The van der Waals surface area contributed by atoms with Crippen LogP contribution in [0.4, 0.5) is 0 Å². The van der Waals surface area contributed by atoms with Gasteiger partial charge >= 0.3 is 5.97 Å². The molecular formula is C24H23N3O5. The lowest BCUT2D eigenvalue weighted by molar-refractivity contribution is -0.139. The third-order valence-electron chi connectivity index (χ3n) is 5.32. The van der Waals surface area contributed by atoms with E-state index in [9.17, 15) is 14.4 Å². The Labute approximate surface area is 185 Å². The van der Waals surface area contributed by atoms with Gasteiger partial charge in [0.25, 0.3) is 5.89 Å². The number of carbonyl (C=O) groups excluding carboxylic acids is 3. The van der Waals surface area contributed by atoms with E-state index in [4.69, 9.17) is 9.26 Å². The molecular weight excluding hydrogens is 410 g/mol. The van der Waals surface area contributed by atoms with Crippen molar-refractivity contribution < 1.29 is 23.6 Å². The molecule has 1 aliphatic heterocycles. The van der Waals surface area contributed by atoms with Crippen molar-refractivity contribution in [3.05, 3.63) is 71.1 Å². The minimum atomic E-state index is -0.536. The molecule has 164 valence electrons. The van der Waals surface area contributed by atoms with Gasteiger partial charge in [0.05, 0.1) is 12.1 Å². The van der Waals surface area contributed by atoms with Gasteiger partial charge in [-0.05, 0) is 29.2 Å². The van der Waals surface area contributed by atoms with E-state index < -0.39 is 5.97 Å². The summed E-state index contributed by atoms with van der Waals surface area (Å²) in [7, 11) is 0. The van der Waals surface area contributed by atoms with Crippen LogP contribution in [-0.2, 0) is 27.5 Å². The molecule has 0 unspecified atom stereocenters. The number of carbonyl (C=O) groups is 3. The molecule has 0 atom stereocenters. The molecule has 32 heavy (non-hydrogen) atoms. The van der Waals surface area contributed by atoms with Crippen LogP contribution >= 0.6 is 0 Å². The summed E-state index contributed by atoms with van der Waals surface area (Å²) in [6, 6.07) is 14.5. The van der Waals surface area contributed by atoms with Crippen molar-refractivity contribution in [3.8, 4) is 11.4 Å². The summed E-state index contributed by atoms with van der Waals surface area (Å²) in [5.41, 5.74) is 3.14. The van der Waals surface area contributed by atoms with E-state index in [-0.39, 0.29) is 43.7 Å². The van der Waals surface area contributed by atoms with Gasteiger partial charge < -0.3 is 9.26 Å². The third-order valence-corrected chi connectivity index (χ3v) is 5.32. The Morgan fingerprint density at radius 2 is 1.69 bits per heavy atom. The number of hydrogen-bond donors (Lipinski definition) is 0. The van der Waals surface area contributed by atoms with E-state index in [0.717, 1.165) is 11.1 Å². The highest BCUT2D eigenvalue weighted by molar-refractivity contribution is 6.01. The van der Waals surface area contributed by atoms with Crippen molar-refractivity contribution in [1.29, 1.82) is 0 Å². The molecule has 0 bridgehead atoms. The fourth-order valence-corrected chi connectivity index (χ4v) is 3.39. The molecule has 2 amide bonds. The maximum atomic E-state index is 12.3. The van der Waals surface area contributed by atoms with Gasteiger partial charge in [-0.2, -0.15) is 4.98 Å². The average Bonchev–Trinajstić information content (AvgIpc) is 3.40. The summed E-state index contributed by atoms with van der Waals surface area (Å²) >= 11 is 0. The van der Waals surface area contributed by atoms with Crippen LogP contribution in [0, 0.1) is 0 Å². The molecule has 0 N–H and O–H groups in total. The molecule has 1 aromatic heterocycles. The van der Waals surface area contributed by atoms with Crippen LogP contribution in [-0.4, -0.2) is 32.8 Å². The largest absolute Gasteiger partial charge is 0.452 e. The van der Waals surface area contributed by atoms with Gasteiger partial charge in [-0.1, -0.05) is 55.4 Å². The highest BCUT2D eigenvalue weighted by Gasteiger charge is 2.28. The number of nitrogens with zero attached hydrogens (tertiary/aromatic N) is 3. The zero-order chi connectivity index (χ0) is 22.7. The Morgan fingerprint density at radius 1 is 1.03 bits per heavy atom. The van der Waals surface area contributed by atoms with Crippen LogP contribution in [0.5, 0.6) is 0 Å². The summed E-state index contributed by atoms with van der Waals surface area (Å²) in [6.07, 6.45) is 0.508. The first kappa shape index (κ1) is 21.4. The summed E-state index contributed by atoms with van der Waals surface area (Å²) in [5, 5.41) is 3.95. The second-order valence-electron chi connectivity index (χ2n) is 7.94. The Bertz CT molecular complexity index is 1120. The minimum absolute atomic E-state index is 0.144. The van der Waals surface area contributed by atoms with Crippen LogP contribution in [0.3, 0.4) is 0 Å². The molecule has 4 rings (SSSR count). The van der Waals surface area contributed by atoms with Crippen LogP contribution in [0.15, 0.2) is 53.1 Å². The fourth-order valence-electron chi connectivity index (χ4n) is 3.39. The molecule has 8 nitrogen and oxygen atoms in total. The lowest BCUT2D eigenvalue weighted by Crippen LogP contribution is -2.28. The molecule has 0 spiro atoms. The average molecular weight is 433 g/mol. The van der Waals surface area contributed by atoms with E-state index in [2.05, 4.69) is 24.0 Å². The van der Waals surface area contributed by atoms with Crippen LogP contribution in [0.2, 0.25) is 0 Å². The van der Waals surface area contributed by atoms with E-state index in [1.54, 1.807) is 24.3 Å². The monoisotopic (exact) mass is 433 g/mol. The molecule has 0 aliphatic carbocycles. The number of benzene rings is 2. The first-order chi connectivity index (χ1) is 15.4. The van der Waals surface area contributed by atoms with Gasteiger partial charge in [0.2, 0.25) is 17.6 Å². The van der Waals surface area contributed by atoms with E-state index in [1.807, 2.05) is 24.3 Å². The predicted molar refractivity (Wildman–Crippen MR) is 114 cm³/mol. The van der Waals surface area contributed by atoms with Crippen molar-refractivity contribution in [2.24, 2.45) is 0 Å². The lowest BCUT2D eigenvalue weighted by atomic mass is 10.0. The first-order valence-corrected chi connectivity index (χ1v) is 10.4. The molecule has 3 aromatic rings. The highest BCUT2D eigenvalue weighted by Crippen LogP contribution is 2.21. The quantitative estimate of drug-likeness (QED) is 0.412. The fraction of sp³-hybridized carbons (Fsp3) is 0.292. The molecule has 8 heteroatoms. The number of amides is 2. The maximum absolute atomic E-state index is 12.3. The summed E-state index contributed by atoms with van der Waals surface area (Å²) in [4.78, 5) is 41.3. The summed E-state index contributed by atoms with van der Waals surface area (Å²) in [5.74, 6) is 0.182. The second-order valence-corrected chi connectivity index (χ2v) is 7.94. The van der Waals surface area contributed by atoms with Crippen LogP contribution < -0.4 is 0 Å². The lowest BCUT2D eigenvalue weighted by Gasteiger charge is -2.13. The predicted octanol–water partition coefficient (Wildman–Crippen LogP) is 3.87. The summed E-state index contributed by atoms with van der Waals surface area (Å²) < 4.78 is 10.5. The Morgan fingerprint density at radius 3 is 2.31 bits per heavy atom. The van der Waals surface area contributed by atoms with Crippen molar-refractivity contribution in [1.82, 2.24) is 15.0 Å². The number of esters is 1. The SMILES string of the molecule is CC(C)c1ccc(-c2noc(COC(=O)c3ccc(CN4C(=O)CCC4=O)cc3)n2)cc1. The number of ether oxygens (including phenoxy) is 1. The van der Waals surface area contributed by atoms with Crippen molar-refractivity contribution in [2.75, 3.05) is 0 Å². The van der Waals surface area contributed by atoms with Crippen LogP contribution in [0.1, 0.15) is 60.0 Å². The normalized spacial score (nSPS) is 13.8. The number of aromatic nitrogens is 2. The van der Waals surface area contributed by atoms with E-state index in [1.165, 1.54) is 10.5 Å². The highest BCUT2D eigenvalue weighted by atomic mass is 16.6. The van der Waals surface area contributed by atoms with Gasteiger partial charge in [-0.15, -0.1) is 0 Å². The third kappa shape index (κ3) is 4.74. The van der Waals surface area contributed by atoms with Gasteiger partial charge in [0.1, 0.15) is 0 Å². The number of imide groups is 1. The zero-order valence-electron chi connectivity index (χ0n) is 17.9. The second kappa shape index (κ2) is 9.13. The number of likely N-dealkylation sites (tertiary alicyclic amines) is 1. The van der Waals surface area contributed by atoms with Crippen molar-refractivity contribution >= 4 is 17.8 Å². The van der Waals surface area contributed by atoms with Gasteiger partial charge in [0, 0.05) is 18.4 Å². The molecule has 2 heterocycles. The number of rotatable bonds is 7. The smallest absolute Gasteiger partial charge is 0.338 e. The Hall–Kier alpha value is -3.81. The Balaban J connectivity index is 1.33. The minimum Gasteiger partial charge on any atom is -0.452 e. The van der Waals surface area contributed by atoms with Gasteiger partial charge in [-0.25, -0.2) is 4.79 Å². The summed E-state index contributed by atoms with van der Waals surface area (Å²) in [6.45, 7) is 4.31. The van der Waals surface area contributed by atoms with Gasteiger partial charge in [0.15, 0.2) is 6.61 Å². The van der Waals surface area contributed by atoms with Gasteiger partial charge in [-0.3, -0.25) is 14.5 Å². The molecule has 0 radical (unpaired) electrons. The zero-order valence-corrected chi connectivity index (χ0v) is 17.9. The molecule has 0 saturated carbocycles. The van der Waals surface area contributed by atoms with Crippen LogP contribution in [0.25, 0.3) is 11.4 Å². The molecule has 1 fully saturated rings. The van der Waals surface area contributed by atoms with E-state index in [0.29, 0.717) is 17.3 Å². The van der Waals surface area contributed by atoms with Crippen molar-refractivity contribution in [3.63, 3.8) is 0 Å². The first-order valence-electron chi connectivity index (χ1n) is 10.4. The standard InChI is InChI=1S/C24H23N3O5/c1-15(2)17-7-9-18(10-8-17)23-25-20(32-26-23)14-31-24(30)19-5-3-16(4-6-19)13-27-21(28)11-12-22(27)29/h3-10,15H,11-14H2,1-2H3. The Kier molecular flexibility index (Phi) is 6.11. The topological polar surface area (TPSA) is 103 Å². The molecule has 1 aliphatic rings.